The predicted octanol–water partition coefficient (Wildman–Crippen LogP) is -4.08. The molecule has 2 rings (SSSR count). The monoisotopic (exact) mass is 296 g/mol. The number of rotatable bonds is 3. The molecule has 6 N–H and O–H groups in total. The van der Waals surface area contributed by atoms with Crippen LogP contribution < -0.4 is 0 Å². The fourth-order valence-electron chi connectivity index (χ4n) is 2.13. The summed E-state index contributed by atoms with van der Waals surface area (Å²) < 4.78 is 15.3. The maximum Gasteiger partial charge on any atom is 0.186 e. The van der Waals surface area contributed by atoms with Crippen molar-refractivity contribution in [3.63, 3.8) is 0 Å². The van der Waals surface area contributed by atoms with Crippen molar-refractivity contribution in [2.75, 3.05) is 19.8 Å². The van der Waals surface area contributed by atoms with Crippen molar-refractivity contribution < 1.29 is 44.8 Å². The standard InChI is InChI=1S/C11H20O9/c12-4-1-18-6(9(16)7(4)14)3-20-11-10(17)8(15)5(13)2-19-11/h4-17H,1-3H2. The van der Waals surface area contributed by atoms with Crippen molar-refractivity contribution in [1.29, 1.82) is 0 Å². The average molecular weight is 296 g/mol. The summed E-state index contributed by atoms with van der Waals surface area (Å²) in [5, 5.41) is 56.9. The molecule has 9 heteroatoms. The molecule has 0 bridgehead atoms. The van der Waals surface area contributed by atoms with E-state index in [2.05, 4.69) is 0 Å². The molecule has 0 amide bonds. The largest absolute Gasteiger partial charge is 0.388 e. The van der Waals surface area contributed by atoms with Crippen molar-refractivity contribution >= 4 is 0 Å². The van der Waals surface area contributed by atoms with E-state index in [0.29, 0.717) is 0 Å². The molecule has 0 saturated carbocycles. The summed E-state index contributed by atoms with van der Waals surface area (Å²) in [5.41, 5.74) is 0. The summed E-state index contributed by atoms with van der Waals surface area (Å²) in [6, 6.07) is 0. The minimum Gasteiger partial charge on any atom is -0.388 e. The van der Waals surface area contributed by atoms with E-state index < -0.39 is 49.0 Å². The van der Waals surface area contributed by atoms with Gasteiger partial charge in [-0.05, 0) is 0 Å². The van der Waals surface area contributed by atoms with Crippen LogP contribution in [0, 0.1) is 0 Å². The minimum atomic E-state index is -1.44. The Morgan fingerprint density at radius 2 is 1.30 bits per heavy atom. The lowest BCUT2D eigenvalue weighted by molar-refractivity contribution is -0.285. The van der Waals surface area contributed by atoms with Crippen LogP contribution in [0.3, 0.4) is 0 Å². The molecule has 20 heavy (non-hydrogen) atoms. The van der Waals surface area contributed by atoms with Gasteiger partial charge in [0.2, 0.25) is 0 Å². The van der Waals surface area contributed by atoms with Crippen molar-refractivity contribution in [3.05, 3.63) is 0 Å². The third-order valence-corrected chi connectivity index (χ3v) is 3.49. The number of hydrogen-bond acceptors (Lipinski definition) is 9. The maximum atomic E-state index is 9.69. The molecule has 9 nitrogen and oxygen atoms in total. The van der Waals surface area contributed by atoms with Crippen molar-refractivity contribution in [3.8, 4) is 0 Å². The van der Waals surface area contributed by atoms with E-state index in [1.807, 2.05) is 0 Å². The molecule has 8 atom stereocenters. The van der Waals surface area contributed by atoms with Gasteiger partial charge in [0.05, 0.1) is 19.8 Å². The highest BCUT2D eigenvalue weighted by molar-refractivity contribution is 4.87. The number of hydrogen-bond donors (Lipinski definition) is 6. The second kappa shape index (κ2) is 6.60. The smallest absolute Gasteiger partial charge is 0.186 e. The second-order valence-electron chi connectivity index (χ2n) is 5.00. The Morgan fingerprint density at radius 1 is 0.750 bits per heavy atom. The molecule has 2 fully saturated rings. The lowest BCUT2D eigenvalue weighted by Crippen LogP contribution is -2.57. The zero-order valence-electron chi connectivity index (χ0n) is 10.6. The second-order valence-corrected chi connectivity index (χ2v) is 5.00. The Kier molecular flexibility index (Phi) is 5.29. The molecular weight excluding hydrogens is 276 g/mol. The molecule has 2 heterocycles. The lowest BCUT2D eigenvalue weighted by atomic mass is 10.0. The van der Waals surface area contributed by atoms with Gasteiger partial charge in [0, 0.05) is 0 Å². The molecule has 0 radical (unpaired) electrons. The maximum absolute atomic E-state index is 9.69. The van der Waals surface area contributed by atoms with Gasteiger partial charge in [0.15, 0.2) is 6.29 Å². The SMILES string of the molecule is OC1COC(COC2OCC(O)C(O)C2O)C(O)C1O. The number of aliphatic hydroxyl groups excluding tert-OH is 6. The van der Waals surface area contributed by atoms with E-state index in [1.165, 1.54) is 0 Å². The van der Waals surface area contributed by atoms with E-state index >= 15 is 0 Å². The summed E-state index contributed by atoms with van der Waals surface area (Å²) in [5.74, 6) is 0. The average Bonchev–Trinajstić information content (AvgIpc) is 2.43. The highest BCUT2D eigenvalue weighted by Crippen LogP contribution is 2.20. The molecule has 2 aliphatic heterocycles. The number of ether oxygens (including phenoxy) is 3. The summed E-state index contributed by atoms with van der Waals surface area (Å²) in [6.07, 6.45) is -9.94. The fourth-order valence-corrected chi connectivity index (χ4v) is 2.13. The first-order valence-electron chi connectivity index (χ1n) is 6.35. The van der Waals surface area contributed by atoms with Crippen LogP contribution in [0.25, 0.3) is 0 Å². The summed E-state index contributed by atoms with van der Waals surface area (Å²) in [6.45, 7) is -0.560. The summed E-state index contributed by atoms with van der Waals surface area (Å²) in [4.78, 5) is 0. The topological polar surface area (TPSA) is 149 Å². The molecule has 118 valence electrons. The van der Waals surface area contributed by atoms with Crippen LogP contribution in [-0.4, -0.2) is 99.5 Å². The van der Waals surface area contributed by atoms with E-state index in [1.54, 1.807) is 0 Å². The molecule has 0 aliphatic carbocycles. The van der Waals surface area contributed by atoms with Crippen molar-refractivity contribution in [2.45, 2.75) is 49.0 Å². The van der Waals surface area contributed by atoms with E-state index in [0.717, 1.165) is 0 Å². The van der Waals surface area contributed by atoms with Crippen LogP contribution in [0.4, 0.5) is 0 Å². The van der Waals surface area contributed by atoms with Crippen LogP contribution in [0.1, 0.15) is 0 Å². The molecule has 0 aromatic carbocycles. The third-order valence-electron chi connectivity index (χ3n) is 3.49. The van der Waals surface area contributed by atoms with Gasteiger partial charge >= 0.3 is 0 Å². The van der Waals surface area contributed by atoms with Gasteiger partial charge in [0.25, 0.3) is 0 Å². The highest BCUT2D eigenvalue weighted by Gasteiger charge is 2.41. The van der Waals surface area contributed by atoms with Crippen LogP contribution in [0.15, 0.2) is 0 Å². The van der Waals surface area contributed by atoms with Crippen LogP contribution in [0.5, 0.6) is 0 Å². The van der Waals surface area contributed by atoms with Gasteiger partial charge in [0.1, 0.15) is 42.7 Å². The Labute approximate surface area is 114 Å². The molecule has 2 aliphatic rings. The quantitative estimate of drug-likeness (QED) is 0.306. The van der Waals surface area contributed by atoms with Gasteiger partial charge in [-0.2, -0.15) is 0 Å². The van der Waals surface area contributed by atoms with Gasteiger partial charge < -0.3 is 44.8 Å². The van der Waals surface area contributed by atoms with Crippen LogP contribution in [-0.2, 0) is 14.2 Å². The molecular formula is C11H20O9. The first-order valence-corrected chi connectivity index (χ1v) is 6.35. The first-order chi connectivity index (χ1) is 9.41. The zero-order valence-corrected chi connectivity index (χ0v) is 10.6. The molecule has 0 aromatic heterocycles. The highest BCUT2D eigenvalue weighted by atomic mass is 16.7. The van der Waals surface area contributed by atoms with E-state index in [9.17, 15) is 30.6 Å². The minimum absolute atomic E-state index is 0.151. The lowest BCUT2D eigenvalue weighted by Gasteiger charge is -2.38. The van der Waals surface area contributed by atoms with Crippen molar-refractivity contribution in [2.24, 2.45) is 0 Å². The van der Waals surface area contributed by atoms with Crippen LogP contribution >= 0.6 is 0 Å². The first kappa shape index (κ1) is 16.0. The zero-order chi connectivity index (χ0) is 14.9. The molecule has 0 spiro atoms. The molecule has 2 saturated heterocycles. The molecule has 0 aromatic rings. The predicted molar refractivity (Wildman–Crippen MR) is 61.5 cm³/mol. The Hall–Kier alpha value is -0.360. The Morgan fingerprint density at radius 3 is 1.95 bits per heavy atom. The summed E-state index contributed by atoms with van der Waals surface area (Å²) >= 11 is 0. The molecule has 8 unspecified atom stereocenters. The summed E-state index contributed by atoms with van der Waals surface area (Å²) in [7, 11) is 0. The fraction of sp³-hybridized carbons (Fsp3) is 1.00. The van der Waals surface area contributed by atoms with Gasteiger partial charge in [-0.15, -0.1) is 0 Å². The third kappa shape index (κ3) is 3.27. The Bertz CT molecular complexity index is 284. The Balaban J connectivity index is 1.83. The number of aliphatic hydroxyl groups is 6. The van der Waals surface area contributed by atoms with E-state index in [4.69, 9.17) is 14.2 Å². The van der Waals surface area contributed by atoms with Gasteiger partial charge in [-0.25, -0.2) is 0 Å². The van der Waals surface area contributed by atoms with Crippen molar-refractivity contribution in [1.82, 2.24) is 0 Å². The normalized spacial score (nSPS) is 50.1. The van der Waals surface area contributed by atoms with Crippen LogP contribution in [0.2, 0.25) is 0 Å². The van der Waals surface area contributed by atoms with E-state index in [-0.39, 0.29) is 19.8 Å². The van der Waals surface area contributed by atoms with Gasteiger partial charge in [-0.1, -0.05) is 0 Å². The van der Waals surface area contributed by atoms with Gasteiger partial charge in [-0.3, -0.25) is 0 Å².